The summed E-state index contributed by atoms with van der Waals surface area (Å²) in [7, 11) is 1.70. The number of aliphatic hydroxyl groups excluding tert-OH is 1. The van der Waals surface area contributed by atoms with Gasteiger partial charge in [0, 0.05) is 19.1 Å². The molecular weight excluding hydrogens is 204 g/mol. The summed E-state index contributed by atoms with van der Waals surface area (Å²) >= 11 is 0. The van der Waals surface area contributed by atoms with Crippen molar-refractivity contribution in [2.45, 2.75) is 32.5 Å². The van der Waals surface area contributed by atoms with Gasteiger partial charge in [-0.3, -0.25) is 0 Å². The third-order valence-corrected chi connectivity index (χ3v) is 2.66. The van der Waals surface area contributed by atoms with E-state index in [-0.39, 0.29) is 12.2 Å². The Morgan fingerprint density at radius 3 is 2.56 bits per heavy atom. The summed E-state index contributed by atoms with van der Waals surface area (Å²) in [6.45, 7) is 4.63. The van der Waals surface area contributed by atoms with Crippen molar-refractivity contribution in [1.82, 2.24) is 0 Å². The first-order valence-corrected chi connectivity index (χ1v) is 5.46. The molecule has 0 fully saturated rings. The summed E-state index contributed by atoms with van der Waals surface area (Å²) in [6, 6.07) is 7.51. The lowest BCUT2D eigenvalue weighted by Gasteiger charge is -2.22. The van der Waals surface area contributed by atoms with Crippen molar-refractivity contribution in [3.8, 4) is 5.75 Å². The Morgan fingerprint density at radius 1 is 1.25 bits per heavy atom. The monoisotopic (exact) mass is 224 g/mol. The highest BCUT2D eigenvalue weighted by atomic mass is 16.5. The van der Waals surface area contributed by atoms with Crippen molar-refractivity contribution < 1.29 is 14.6 Å². The molecule has 16 heavy (non-hydrogen) atoms. The number of aliphatic hydroxyl groups is 1. The number of methoxy groups -OCH3 is 1. The first kappa shape index (κ1) is 13.0. The largest absolute Gasteiger partial charge is 0.493 e. The minimum absolute atomic E-state index is 0.00381. The number of benzene rings is 1. The molecule has 0 saturated carbocycles. The zero-order valence-electron chi connectivity index (χ0n) is 10.2. The van der Waals surface area contributed by atoms with Crippen molar-refractivity contribution in [3.05, 3.63) is 29.8 Å². The molecule has 0 aliphatic rings. The van der Waals surface area contributed by atoms with Crippen LogP contribution in [0.4, 0.5) is 0 Å². The molecule has 3 heteroatoms. The molecule has 0 aliphatic carbocycles. The number of rotatable bonds is 6. The third kappa shape index (κ3) is 3.83. The average Bonchev–Trinajstić information content (AvgIpc) is 2.29. The molecular formula is C13H20O3. The SMILES string of the molecule is COC(C)(C)CCOc1ccccc1CO. The van der Waals surface area contributed by atoms with Gasteiger partial charge in [-0.2, -0.15) is 0 Å². The summed E-state index contributed by atoms with van der Waals surface area (Å²) in [5, 5.41) is 9.12. The molecule has 1 aromatic rings. The maximum Gasteiger partial charge on any atom is 0.124 e. The highest BCUT2D eigenvalue weighted by Gasteiger charge is 2.16. The topological polar surface area (TPSA) is 38.7 Å². The second-order valence-electron chi connectivity index (χ2n) is 4.33. The van der Waals surface area contributed by atoms with Gasteiger partial charge < -0.3 is 14.6 Å². The highest BCUT2D eigenvalue weighted by Crippen LogP contribution is 2.19. The van der Waals surface area contributed by atoms with Crippen LogP contribution in [-0.2, 0) is 11.3 Å². The number of para-hydroxylation sites is 1. The Morgan fingerprint density at radius 2 is 1.94 bits per heavy atom. The first-order chi connectivity index (χ1) is 7.59. The number of ether oxygens (including phenoxy) is 2. The zero-order chi connectivity index (χ0) is 12.0. The average molecular weight is 224 g/mol. The van der Waals surface area contributed by atoms with Crippen molar-refractivity contribution in [2.24, 2.45) is 0 Å². The van der Waals surface area contributed by atoms with E-state index in [9.17, 15) is 0 Å². The van der Waals surface area contributed by atoms with E-state index in [1.165, 1.54) is 0 Å². The van der Waals surface area contributed by atoms with Gasteiger partial charge >= 0.3 is 0 Å². The maximum atomic E-state index is 9.12. The number of hydrogen-bond acceptors (Lipinski definition) is 3. The van der Waals surface area contributed by atoms with Crippen LogP contribution in [0.25, 0.3) is 0 Å². The normalized spacial score (nSPS) is 11.5. The van der Waals surface area contributed by atoms with E-state index in [2.05, 4.69) is 0 Å². The predicted molar refractivity (Wildman–Crippen MR) is 63.6 cm³/mol. The lowest BCUT2D eigenvalue weighted by atomic mass is 10.1. The molecule has 3 nitrogen and oxygen atoms in total. The molecule has 0 unspecified atom stereocenters. The molecule has 0 amide bonds. The molecule has 0 aromatic heterocycles. The van der Waals surface area contributed by atoms with E-state index in [4.69, 9.17) is 14.6 Å². The predicted octanol–water partition coefficient (Wildman–Crippen LogP) is 2.37. The fourth-order valence-electron chi connectivity index (χ4n) is 1.28. The standard InChI is InChI=1S/C13H20O3/c1-13(2,15-3)8-9-16-12-7-5-4-6-11(12)10-14/h4-7,14H,8-10H2,1-3H3. The Balaban J connectivity index is 2.49. The maximum absolute atomic E-state index is 9.12. The molecule has 0 saturated heterocycles. The quantitative estimate of drug-likeness (QED) is 0.806. The van der Waals surface area contributed by atoms with Crippen LogP contribution in [0, 0.1) is 0 Å². The molecule has 0 radical (unpaired) electrons. The van der Waals surface area contributed by atoms with Crippen LogP contribution in [0.3, 0.4) is 0 Å². The third-order valence-electron chi connectivity index (χ3n) is 2.66. The van der Waals surface area contributed by atoms with Gasteiger partial charge in [-0.1, -0.05) is 18.2 Å². The summed E-state index contributed by atoms with van der Waals surface area (Å²) in [5.41, 5.74) is 0.645. The van der Waals surface area contributed by atoms with Gasteiger partial charge in [-0.15, -0.1) is 0 Å². The van der Waals surface area contributed by atoms with E-state index in [1.54, 1.807) is 7.11 Å². The van der Waals surface area contributed by atoms with Crippen molar-refractivity contribution >= 4 is 0 Å². The van der Waals surface area contributed by atoms with E-state index in [0.29, 0.717) is 6.61 Å². The van der Waals surface area contributed by atoms with Crippen molar-refractivity contribution in [1.29, 1.82) is 0 Å². The van der Waals surface area contributed by atoms with Crippen molar-refractivity contribution in [3.63, 3.8) is 0 Å². The van der Waals surface area contributed by atoms with Gasteiger partial charge in [0.15, 0.2) is 0 Å². The fraction of sp³-hybridized carbons (Fsp3) is 0.538. The minimum Gasteiger partial charge on any atom is -0.493 e. The molecule has 0 heterocycles. The Bertz CT molecular complexity index is 321. The van der Waals surface area contributed by atoms with Gasteiger partial charge in [-0.05, 0) is 19.9 Å². The van der Waals surface area contributed by atoms with E-state index >= 15 is 0 Å². The summed E-state index contributed by atoms with van der Waals surface area (Å²) in [4.78, 5) is 0. The van der Waals surface area contributed by atoms with Gasteiger partial charge in [0.1, 0.15) is 5.75 Å². The summed E-state index contributed by atoms with van der Waals surface area (Å²) < 4.78 is 10.9. The second-order valence-corrected chi connectivity index (χ2v) is 4.33. The molecule has 1 N–H and O–H groups in total. The highest BCUT2D eigenvalue weighted by molar-refractivity contribution is 5.32. The molecule has 90 valence electrons. The molecule has 1 aromatic carbocycles. The Hall–Kier alpha value is -1.06. The second kappa shape index (κ2) is 5.87. The zero-order valence-corrected chi connectivity index (χ0v) is 10.2. The minimum atomic E-state index is -0.172. The van der Waals surface area contributed by atoms with Gasteiger partial charge in [0.2, 0.25) is 0 Å². The van der Waals surface area contributed by atoms with Crippen LogP contribution in [0.1, 0.15) is 25.8 Å². The smallest absolute Gasteiger partial charge is 0.124 e. The lowest BCUT2D eigenvalue weighted by molar-refractivity contribution is 0.00530. The summed E-state index contributed by atoms with van der Waals surface area (Å²) in [5.74, 6) is 0.747. The van der Waals surface area contributed by atoms with E-state index < -0.39 is 0 Å². The van der Waals surface area contributed by atoms with Gasteiger partial charge in [-0.25, -0.2) is 0 Å². The van der Waals surface area contributed by atoms with Crippen LogP contribution < -0.4 is 4.74 Å². The molecule has 0 spiro atoms. The van der Waals surface area contributed by atoms with Gasteiger partial charge in [0.25, 0.3) is 0 Å². The van der Waals surface area contributed by atoms with Crippen LogP contribution in [-0.4, -0.2) is 24.4 Å². The first-order valence-electron chi connectivity index (χ1n) is 5.46. The molecule has 0 bridgehead atoms. The Labute approximate surface area is 97.0 Å². The van der Waals surface area contributed by atoms with Crippen LogP contribution in [0.2, 0.25) is 0 Å². The lowest BCUT2D eigenvalue weighted by Crippen LogP contribution is -2.25. The van der Waals surface area contributed by atoms with Gasteiger partial charge in [0.05, 0.1) is 18.8 Å². The van der Waals surface area contributed by atoms with E-state index in [1.807, 2.05) is 38.1 Å². The molecule has 1 rings (SSSR count). The molecule has 0 aliphatic heterocycles. The number of hydrogen-bond donors (Lipinski definition) is 1. The van der Waals surface area contributed by atoms with Crippen LogP contribution in [0.5, 0.6) is 5.75 Å². The molecule has 0 atom stereocenters. The summed E-state index contributed by atoms with van der Waals surface area (Å²) in [6.07, 6.45) is 0.809. The van der Waals surface area contributed by atoms with Crippen LogP contribution in [0.15, 0.2) is 24.3 Å². The van der Waals surface area contributed by atoms with Crippen molar-refractivity contribution in [2.75, 3.05) is 13.7 Å². The van der Waals surface area contributed by atoms with E-state index in [0.717, 1.165) is 17.7 Å². The van der Waals surface area contributed by atoms with Crippen LogP contribution >= 0.6 is 0 Å². The Kier molecular flexibility index (Phi) is 4.77. The fourth-order valence-corrected chi connectivity index (χ4v) is 1.28.